The van der Waals surface area contributed by atoms with Crippen LogP contribution in [0.4, 0.5) is 5.69 Å². The third-order valence-electron chi connectivity index (χ3n) is 4.56. The van der Waals surface area contributed by atoms with Gasteiger partial charge in [0.2, 0.25) is 0 Å². The lowest BCUT2D eigenvalue weighted by Gasteiger charge is -2.22. The van der Waals surface area contributed by atoms with Gasteiger partial charge in [-0.05, 0) is 31.8 Å². The topological polar surface area (TPSA) is 66.0 Å². The van der Waals surface area contributed by atoms with E-state index in [0.29, 0.717) is 23.4 Å². The van der Waals surface area contributed by atoms with Crippen molar-refractivity contribution in [2.75, 3.05) is 46.2 Å². The number of nitriles is 1. The molecular weight excluding hydrogens is 354 g/mol. The maximum atomic E-state index is 9.43. The van der Waals surface area contributed by atoms with E-state index in [2.05, 4.69) is 21.0 Å². The van der Waals surface area contributed by atoms with Gasteiger partial charge in [-0.1, -0.05) is 12.1 Å². The molecule has 0 saturated carbocycles. The van der Waals surface area contributed by atoms with E-state index in [1.165, 1.54) is 0 Å². The molecule has 7 heteroatoms. The Balaban J connectivity index is 1.89. The fourth-order valence-corrected chi connectivity index (χ4v) is 2.83. The lowest BCUT2D eigenvalue weighted by atomic mass is 10.2. The molecule has 0 unspecified atom stereocenters. The van der Waals surface area contributed by atoms with Crippen LogP contribution in [0.2, 0.25) is 0 Å². The first-order chi connectivity index (χ1) is 13.5. The van der Waals surface area contributed by atoms with Gasteiger partial charge >= 0.3 is 0 Å². The van der Waals surface area contributed by atoms with Crippen LogP contribution in [-0.4, -0.2) is 55.9 Å². The SMILES string of the molecule is COc1ccc(COc2cc(N(C)CCN(C)C)cn3ncc(C#N)c23)cc1. The number of aromatic nitrogens is 2. The molecule has 3 rings (SSSR count). The number of benzene rings is 1. The van der Waals surface area contributed by atoms with Crippen molar-refractivity contribution in [2.24, 2.45) is 0 Å². The summed E-state index contributed by atoms with van der Waals surface area (Å²) >= 11 is 0. The minimum atomic E-state index is 0.389. The summed E-state index contributed by atoms with van der Waals surface area (Å²) in [4.78, 5) is 4.28. The minimum absolute atomic E-state index is 0.389. The van der Waals surface area contributed by atoms with E-state index >= 15 is 0 Å². The number of rotatable bonds is 8. The summed E-state index contributed by atoms with van der Waals surface area (Å²) in [5.74, 6) is 1.44. The quantitative estimate of drug-likeness (QED) is 0.600. The number of fused-ring (bicyclic) bond motifs is 1. The molecule has 0 aliphatic rings. The Morgan fingerprint density at radius 1 is 1.14 bits per heavy atom. The van der Waals surface area contributed by atoms with Crippen molar-refractivity contribution in [1.29, 1.82) is 5.26 Å². The van der Waals surface area contributed by atoms with Gasteiger partial charge in [0.05, 0.1) is 25.2 Å². The fourth-order valence-electron chi connectivity index (χ4n) is 2.83. The molecule has 0 spiro atoms. The van der Waals surface area contributed by atoms with Crippen molar-refractivity contribution in [3.8, 4) is 17.6 Å². The summed E-state index contributed by atoms with van der Waals surface area (Å²) in [6.07, 6.45) is 3.49. The van der Waals surface area contributed by atoms with Gasteiger partial charge in [-0.3, -0.25) is 0 Å². The molecule has 3 aromatic rings. The number of ether oxygens (including phenoxy) is 2. The van der Waals surface area contributed by atoms with E-state index in [4.69, 9.17) is 9.47 Å². The molecule has 1 aromatic carbocycles. The van der Waals surface area contributed by atoms with Gasteiger partial charge in [0, 0.05) is 26.2 Å². The van der Waals surface area contributed by atoms with E-state index in [0.717, 1.165) is 30.1 Å². The standard InChI is InChI=1S/C21H25N5O2/c1-24(2)9-10-25(3)18-11-20(21-17(12-22)13-23-26(21)14-18)28-15-16-5-7-19(27-4)8-6-16/h5-8,11,13-14H,9-10,15H2,1-4H3. The highest BCUT2D eigenvalue weighted by Gasteiger charge is 2.14. The van der Waals surface area contributed by atoms with Gasteiger partial charge in [-0.25, -0.2) is 4.52 Å². The molecule has 0 aliphatic heterocycles. The van der Waals surface area contributed by atoms with Crippen LogP contribution in [0.5, 0.6) is 11.5 Å². The van der Waals surface area contributed by atoms with E-state index in [1.807, 2.05) is 57.7 Å². The van der Waals surface area contributed by atoms with Crippen LogP contribution in [0.3, 0.4) is 0 Å². The molecule has 2 heterocycles. The minimum Gasteiger partial charge on any atom is -0.497 e. The van der Waals surface area contributed by atoms with E-state index in [1.54, 1.807) is 17.8 Å². The Bertz CT molecular complexity index is 973. The monoisotopic (exact) mass is 379 g/mol. The highest BCUT2D eigenvalue weighted by atomic mass is 16.5. The molecule has 0 N–H and O–H groups in total. The number of likely N-dealkylation sites (N-methyl/N-ethyl adjacent to an activating group) is 2. The van der Waals surface area contributed by atoms with Crippen LogP contribution < -0.4 is 14.4 Å². The molecule has 0 radical (unpaired) electrons. The molecule has 0 atom stereocenters. The first-order valence-corrected chi connectivity index (χ1v) is 9.05. The Labute approximate surface area is 165 Å². The van der Waals surface area contributed by atoms with Crippen molar-refractivity contribution in [1.82, 2.24) is 14.5 Å². The van der Waals surface area contributed by atoms with Crippen LogP contribution in [0.25, 0.3) is 5.52 Å². The first-order valence-electron chi connectivity index (χ1n) is 9.05. The average molecular weight is 379 g/mol. The highest BCUT2D eigenvalue weighted by molar-refractivity contribution is 5.72. The zero-order valence-corrected chi connectivity index (χ0v) is 16.7. The highest BCUT2D eigenvalue weighted by Crippen LogP contribution is 2.29. The zero-order chi connectivity index (χ0) is 20.1. The number of nitrogens with zero attached hydrogens (tertiary/aromatic N) is 5. The second kappa shape index (κ2) is 8.63. The van der Waals surface area contributed by atoms with E-state index < -0.39 is 0 Å². The predicted molar refractivity (Wildman–Crippen MR) is 109 cm³/mol. The Kier molecular flexibility index (Phi) is 6.02. The lowest BCUT2D eigenvalue weighted by molar-refractivity contribution is 0.308. The molecule has 0 fully saturated rings. The molecule has 7 nitrogen and oxygen atoms in total. The number of pyridine rings is 1. The van der Waals surface area contributed by atoms with Gasteiger partial charge in [0.15, 0.2) is 0 Å². The molecular formula is C21H25N5O2. The third-order valence-corrected chi connectivity index (χ3v) is 4.56. The molecule has 0 saturated heterocycles. The summed E-state index contributed by atoms with van der Waals surface area (Å²) in [7, 11) is 7.77. The molecule has 0 amide bonds. The molecule has 146 valence electrons. The van der Waals surface area contributed by atoms with E-state index in [9.17, 15) is 5.26 Å². The largest absolute Gasteiger partial charge is 0.497 e. The molecule has 2 aromatic heterocycles. The number of hydrogen-bond donors (Lipinski definition) is 0. The molecule has 0 aliphatic carbocycles. The number of hydrogen-bond acceptors (Lipinski definition) is 6. The van der Waals surface area contributed by atoms with Gasteiger partial charge < -0.3 is 19.3 Å². The average Bonchev–Trinajstić information content (AvgIpc) is 3.13. The summed E-state index contributed by atoms with van der Waals surface area (Å²) in [6.45, 7) is 2.18. The van der Waals surface area contributed by atoms with Crippen LogP contribution in [0.1, 0.15) is 11.1 Å². The summed E-state index contributed by atoms with van der Waals surface area (Å²) in [6, 6.07) is 11.9. The first kappa shape index (κ1) is 19.5. The van der Waals surface area contributed by atoms with Gasteiger partial charge in [-0.2, -0.15) is 10.4 Å². The Morgan fingerprint density at radius 2 is 1.89 bits per heavy atom. The predicted octanol–water partition coefficient (Wildman–Crippen LogP) is 2.79. The van der Waals surface area contributed by atoms with Gasteiger partial charge in [-0.15, -0.1) is 0 Å². The van der Waals surface area contributed by atoms with Crippen molar-refractivity contribution in [3.05, 3.63) is 53.9 Å². The maximum Gasteiger partial charge on any atom is 0.149 e. The van der Waals surface area contributed by atoms with Gasteiger partial charge in [0.1, 0.15) is 35.3 Å². The fraction of sp³-hybridized carbons (Fsp3) is 0.333. The number of anilines is 1. The van der Waals surface area contributed by atoms with E-state index in [-0.39, 0.29) is 0 Å². The second-order valence-corrected chi connectivity index (χ2v) is 6.89. The third kappa shape index (κ3) is 4.35. The maximum absolute atomic E-state index is 9.43. The Hall–Kier alpha value is -3.24. The van der Waals surface area contributed by atoms with Crippen LogP contribution in [0, 0.1) is 11.3 Å². The lowest BCUT2D eigenvalue weighted by Crippen LogP contribution is -2.28. The van der Waals surface area contributed by atoms with Crippen LogP contribution in [-0.2, 0) is 6.61 Å². The molecule has 0 bridgehead atoms. The van der Waals surface area contributed by atoms with Crippen molar-refractivity contribution in [3.63, 3.8) is 0 Å². The number of methoxy groups -OCH3 is 1. The summed E-state index contributed by atoms with van der Waals surface area (Å²) in [5.41, 5.74) is 3.17. The van der Waals surface area contributed by atoms with Crippen molar-refractivity contribution < 1.29 is 9.47 Å². The molecule has 28 heavy (non-hydrogen) atoms. The summed E-state index contributed by atoms with van der Waals surface area (Å²) < 4.78 is 13.0. The van der Waals surface area contributed by atoms with Gasteiger partial charge in [0.25, 0.3) is 0 Å². The summed E-state index contributed by atoms with van der Waals surface area (Å²) in [5, 5.41) is 13.8. The smallest absolute Gasteiger partial charge is 0.149 e. The van der Waals surface area contributed by atoms with Crippen LogP contribution >= 0.6 is 0 Å². The van der Waals surface area contributed by atoms with Crippen molar-refractivity contribution >= 4 is 11.2 Å². The zero-order valence-electron chi connectivity index (χ0n) is 16.7. The normalized spacial score (nSPS) is 10.9. The van der Waals surface area contributed by atoms with Crippen LogP contribution in [0.15, 0.2) is 42.7 Å². The second-order valence-electron chi connectivity index (χ2n) is 6.89. The Morgan fingerprint density at radius 3 is 2.54 bits per heavy atom. The van der Waals surface area contributed by atoms with Crippen molar-refractivity contribution in [2.45, 2.75) is 6.61 Å².